The van der Waals surface area contributed by atoms with Gasteiger partial charge in [-0.3, -0.25) is 4.79 Å². The van der Waals surface area contributed by atoms with Crippen LogP contribution in [0.3, 0.4) is 0 Å². The second-order valence-corrected chi connectivity index (χ2v) is 8.41. The summed E-state index contributed by atoms with van der Waals surface area (Å²) in [7, 11) is 0. The van der Waals surface area contributed by atoms with Crippen molar-refractivity contribution in [3.05, 3.63) is 82.7 Å². The number of likely N-dealkylation sites (N-methyl/N-ethyl adjacent to an activating group) is 1. The maximum Gasteiger partial charge on any atom is 0.203 e. The van der Waals surface area contributed by atoms with Gasteiger partial charge in [0.1, 0.15) is 18.1 Å². The number of phenolic OH excluding ortho intramolecular Hbond substituents is 1. The minimum Gasteiger partial charge on any atom is -0.508 e. The Kier molecular flexibility index (Phi) is 6.35. The predicted octanol–water partition coefficient (Wildman–Crippen LogP) is 5.80. The molecule has 31 heavy (non-hydrogen) atoms. The van der Waals surface area contributed by atoms with Gasteiger partial charge in [0.15, 0.2) is 0 Å². The van der Waals surface area contributed by atoms with Crippen LogP contribution in [-0.2, 0) is 0 Å². The van der Waals surface area contributed by atoms with E-state index in [0.29, 0.717) is 17.0 Å². The highest BCUT2D eigenvalue weighted by atomic mass is 32.1. The van der Waals surface area contributed by atoms with Crippen LogP contribution in [0, 0.1) is 6.92 Å². The summed E-state index contributed by atoms with van der Waals surface area (Å²) < 4.78 is 6.67. The average molecular weight is 432 g/mol. The third kappa shape index (κ3) is 4.48. The Hall–Kier alpha value is -3.15. The van der Waals surface area contributed by atoms with E-state index in [2.05, 4.69) is 12.2 Å². The van der Waals surface area contributed by atoms with Crippen LogP contribution in [0.25, 0.3) is 21.2 Å². The summed E-state index contributed by atoms with van der Waals surface area (Å²) >= 11 is 1.42. The second-order valence-electron chi connectivity index (χ2n) is 7.36. The van der Waals surface area contributed by atoms with E-state index in [-0.39, 0.29) is 11.5 Å². The van der Waals surface area contributed by atoms with Crippen LogP contribution in [0.5, 0.6) is 11.5 Å². The molecular formula is C26H25NO3S. The molecule has 1 aromatic heterocycles. The molecule has 0 fully saturated rings. The fourth-order valence-corrected chi connectivity index (χ4v) is 4.83. The summed E-state index contributed by atoms with van der Waals surface area (Å²) in [5, 5.41) is 14.2. The first-order valence-electron chi connectivity index (χ1n) is 10.4. The van der Waals surface area contributed by atoms with E-state index in [9.17, 15) is 9.90 Å². The van der Waals surface area contributed by atoms with Gasteiger partial charge >= 0.3 is 0 Å². The van der Waals surface area contributed by atoms with Crippen LogP contribution in [0.15, 0.2) is 66.7 Å². The number of aryl methyl sites for hydroxylation is 1. The Bertz CT molecular complexity index is 1210. The van der Waals surface area contributed by atoms with Crippen LogP contribution in [0.4, 0.5) is 0 Å². The van der Waals surface area contributed by atoms with Gasteiger partial charge in [0.2, 0.25) is 5.78 Å². The number of thiophene rings is 1. The number of nitrogens with one attached hydrogen (secondary N) is 1. The van der Waals surface area contributed by atoms with Gasteiger partial charge in [-0.05, 0) is 54.9 Å². The fourth-order valence-electron chi connectivity index (χ4n) is 3.62. The standard InChI is InChI=1S/C26H25NO3S/c1-3-27-14-15-30-20-11-8-18(9-12-20)24-22-13-10-19(28)16-23(22)31-26(24)25(29)21-7-5-4-6-17(21)2/h4-13,16,27-28H,3,14-15H2,1-2H3. The van der Waals surface area contributed by atoms with Crippen LogP contribution in [0.2, 0.25) is 0 Å². The van der Waals surface area contributed by atoms with E-state index in [1.807, 2.05) is 61.5 Å². The van der Waals surface area contributed by atoms with Crippen molar-refractivity contribution in [1.29, 1.82) is 0 Å². The van der Waals surface area contributed by atoms with Crippen LogP contribution < -0.4 is 10.1 Å². The summed E-state index contributed by atoms with van der Waals surface area (Å²) in [6.07, 6.45) is 0. The third-order valence-electron chi connectivity index (χ3n) is 5.21. The smallest absolute Gasteiger partial charge is 0.203 e. The van der Waals surface area contributed by atoms with Crippen LogP contribution in [0.1, 0.15) is 27.7 Å². The van der Waals surface area contributed by atoms with Gasteiger partial charge in [0, 0.05) is 27.8 Å². The highest BCUT2D eigenvalue weighted by Gasteiger charge is 2.22. The molecule has 1 heterocycles. The SMILES string of the molecule is CCNCCOc1ccc(-c2c(C(=O)c3ccccc3C)sc3cc(O)ccc23)cc1. The Balaban J connectivity index is 1.75. The average Bonchev–Trinajstić information content (AvgIpc) is 3.15. The number of ketones is 1. The minimum absolute atomic E-state index is 0.000226. The van der Waals surface area contributed by atoms with Gasteiger partial charge in [-0.15, -0.1) is 11.3 Å². The van der Waals surface area contributed by atoms with Gasteiger partial charge in [-0.25, -0.2) is 0 Å². The highest BCUT2D eigenvalue weighted by molar-refractivity contribution is 7.21. The summed E-state index contributed by atoms with van der Waals surface area (Å²) in [5.41, 5.74) is 3.49. The van der Waals surface area contributed by atoms with E-state index in [1.165, 1.54) is 11.3 Å². The minimum atomic E-state index is -0.000226. The molecule has 0 saturated heterocycles. The molecule has 0 aliphatic carbocycles. The van der Waals surface area contributed by atoms with Crippen molar-refractivity contribution in [3.63, 3.8) is 0 Å². The van der Waals surface area contributed by atoms with Gasteiger partial charge in [-0.2, -0.15) is 0 Å². The number of ether oxygens (including phenoxy) is 1. The lowest BCUT2D eigenvalue weighted by Crippen LogP contribution is -2.20. The van der Waals surface area contributed by atoms with Crippen molar-refractivity contribution in [2.24, 2.45) is 0 Å². The van der Waals surface area contributed by atoms with Gasteiger partial charge in [0.25, 0.3) is 0 Å². The highest BCUT2D eigenvalue weighted by Crippen LogP contribution is 2.41. The van der Waals surface area contributed by atoms with Crippen molar-refractivity contribution in [2.45, 2.75) is 13.8 Å². The Morgan fingerprint density at radius 1 is 1.06 bits per heavy atom. The Morgan fingerprint density at radius 2 is 1.84 bits per heavy atom. The molecule has 0 aliphatic heterocycles. The number of benzene rings is 3. The topological polar surface area (TPSA) is 58.6 Å². The molecule has 0 spiro atoms. The number of fused-ring (bicyclic) bond motifs is 1. The molecule has 0 radical (unpaired) electrons. The largest absolute Gasteiger partial charge is 0.508 e. The molecule has 4 rings (SSSR count). The number of carbonyl (C=O) groups excluding carboxylic acids is 1. The van der Waals surface area contributed by atoms with Crippen molar-refractivity contribution >= 4 is 27.2 Å². The number of aromatic hydroxyl groups is 1. The molecule has 158 valence electrons. The zero-order valence-corrected chi connectivity index (χ0v) is 18.5. The Morgan fingerprint density at radius 3 is 2.58 bits per heavy atom. The molecule has 2 N–H and O–H groups in total. The molecule has 0 amide bonds. The van der Waals surface area contributed by atoms with E-state index < -0.39 is 0 Å². The predicted molar refractivity (Wildman–Crippen MR) is 128 cm³/mol. The first-order valence-corrected chi connectivity index (χ1v) is 11.2. The molecule has 0 bridgehead atoms. The van der Waals surface area contributed by atoms with E-state index in [0.717, 1.165) is 45.6 Å². The maximum absolute atomic E-state index is 13.5. The third-order valence-corrected chi connectivity index (χ3v) is 6.36. The van der Waals surface area contributed by atoms with Crippen molar-refractivity contribution < 1.29 is 14.6 Å². The summed E-state index contributed by atoms with van der Waals surface area (Å²) in [6, 6.07) is 20.8. The number of hydrogen-bond acceptors (Lipinski definition) is 5. The molecule has 0 atom stereocenters. The van der Waals surface area contributed by atoms with Gasteiger partial charge in [0.05, 0.1) is 4.88 Å². The summed E-state index contributed by atoms with van der Waals surface area (Å²) in [6.45, 7) is 6.33. The summed E-state index contributed by atoms with van der Waals surface area (Å²) in [5.74, 6) is 0.991. The molecule has 0 saturated carbocycles. The van der Waals surface area contributed by atoms with Crippen molar-refractivity contribution in [2.75, 3.05) is 19.7 Å². The zero-order valence-electron chi connectivity index (χ0n) is 17.6. The second kappa shape index (κ2) is 9.33. The molecule has 3 aromatic carbocycles. The van der Waals surface area contributed by atoms with Crippen molar-refractivity contribution in [3.8, 4) is 22.6 Å². The number of carbonyl (C=O) groups is 1. The van der Waals surface area contributed by atoms with Crippen LogP contribution in [-0.4, -0.2) is 30.6 Å². The molecule has 4 aromatic rings. The number of hydrogen-bond donors (Lipinski definition) is 2. The normalized spacial score (nSPS) is 11.0. The maximum atomic E-state index is 13.5. The Labute approximate surface area is 186 Å². The van der Waals surface area contributed by atoms with Crippen molar-refractivity contribution in [1.82, 2.24) is 5.32 Å². The number of phenols is 1. The van der Waals surface area contributed by atoms with E-state index >= 15 is 0 Å². The van der Waals surface area contributed by atoms with Crippen LogP contribution >= 0.6 is 11.3 Å². The van der Waals surface area contributed by atoms with Gasteiger partial charge < -0.3 is 15.2 Å². The van der Waals surface area contributed by atoms with E-state index in [4.69, 9.17) is 4.74 Å². The lowest BCUT2D eigenvalue weighted by atomic mass is 9.96. The number of rotatable bonds is 8. The van der Waals surface area contributed by atoms with Gasteiger partial charge in [-0.1, -0.05) is 43.3 Å². The molecule has 0 unspecified atom stereocenters. The zero-order chi connectivity index (χ0) is 21.8. The van der Waals surface area contributed by atoms with E-state index in [1.54, 1.807) is 12.1 Å². The quantitative estimate of drug-likeness (QED) is 0.273. The molecule has 0 aliphatic rings. The molecule has 4 nitrogen and oxygen atoms in total. The monoisotopic (exact) mass is 431 g/mol. The molecular weight excluding hydrogens is 406 g/mol. The first-order chi connectivity index (χ1) is 15.1. The lowest BCUT2D eigenvalue weighted by molar-refractivity contribution is 0.104. The summed E-state index contributed by atoms with van der Waals surface area (Å²) in [4.78, 5) is 14.2. The fraction of sp³-hybridized carbons (Fsp3) is 0.192. The molecule has 5 heteroatoms. The lowest BCUT2D eigenvalue weighted by Gasteiger charge is -2.09. The first kappa shape index (κ1) is 21.1.